The number of halogens is 1. The van der Waals surface area contributed by atoms with Gasteiger partial charge in [-0.25, -0.2) is 9.37 Å². The summed E-state index contributed by atoms with van der Waals surface area (Å²) in [6.45, 7) is 0.0768. The fourth-order valence-corrected chi connectivity index (χ4v) is 3.03. The van der Waals surface area contributed by atoms with Gasteiger partial charge < -0.3 is 19.4 Å². The first kappa shape index (κ1) is 17.1. The highest BCUT2D eigenvalue weighted by molar-refractivity contribution is 5.82. The van der Waals surface area contributed by atoms with Gasteiger partial charge in [0.2, 0.25) is 6.10 Å². The third kappa shape index (κ3) is 3.36. The van der Waals surface area contributed by atoms with Crippen LogP contribution in [0.2, 0.25) is 0 Å². The van der Waals surface area contributed by atoms with Crippen LogP contribution < -0.4 is 14.8 Å². The number of hydrogen-bond acceptors (Lipinski definition) is 4. The molecule has 1 N–H and O–H groups in total. The van der Waals surface area contributed by atoms with Crippen LogP contribution in [-0.2, 0) is 11.8 Å². The summed E-state index contributed by atoms with van der Waals surface area (Å²) in [6.07, 6.45) is 2.51. The summed E-state index contributed by atoms with van der Waals surface area (Å²) >= 11 is 0. The lowest BCUT2D eigenvalue weighted by Gasteiger charge is -2.27. The molecule has 0 saturated heterocycles. The summed E-state index contributed by atoms with van der Waals surface area (Å²) in [5.41, 5.74) is 0.331. The number of amides is 1. The molecule has 0 fully saturated rings. The van der Waals surface area contributed by atoms with E-state index >= 15 is 0 Å². The molecule has 138 valence electrons. The molecule has 2 aromatic carbocycles. The highest BCUT2D eigenvalue weighted by Crippen LogP contribution is 2.31. The van der Waals surface area contributed by atoms with Crippen molar-refractivity contribution in [2.45, 2.75) is 12.1 Å². The van der Waals surface area contributed by atoms with Crippen molar-refractivity contribution in [1.29, 1.82) is 0 Å². The molecular weight excluding hydrogens is 349 g/mol. The minimum atomic E-state index is -0.838. The number of aromatic nitrogens is 2. The lowest BCUT2D eigenvalue weighted by molar-refractivity contribution is -0.130. The normalized spacial score (nSPS) is 16.6. The Labute approximate surface area is 155 Å². The van der Waals surface area contributed by atoms with Gasteiger partial charge in [0.1, 0.15) is 24.3 Å². The summed E-state index contributed by atoms with van der Waals surface area (Å²) in [7, 11) is 1.79. The van der Waals surface area contributed by atoms with E-state index in [1.165, 1.54) is 6.07 Å². The molecule has 4 rings (SSSR count). The third-order valence-electron chi connectivity index (χ3n) is 4.42. The van der Waals surface area contributed by atoms with E-state index in [2.05, 4.69) is 10.3 Å². The van der Waals surface area contributed by atoms with Crippen molar-refractivity contribution in [3.8, 4) is 11.5 Å². The maximum atomic E-state index is 14.4. The number of nitrogens with zero attached hydrogens (tertiary/aromatic N) is 2. The molecule has 3 aromatic rings. The molecule has 0 spiro atoms. The summed E-state index contributed by atoms with van der Waals surface area (Å²) in [6, 6.07) is 12.7. The van der Waals surface area contributed by atoms with Crippen LogP contribution in [0.3, 0.4) is 0 Å². The van der Waals surface area contributed by atoms with Crippen molar-refractivity contribution >= 4 is 5.91 Å². The molecule has 0 unspecified atom stereocenters. The number of rotatable bonds is 4. The Morgan fingerprint density at radius 3 is 2.70 bits per heavy atom. The van der Waals surface area contributed by atoms with Crippen LogP contribution in [0.5, 0.6) is 11.5 Å². The maximum Gasteiger partial charge on any atom is 0.265 e. The molecule has 1 amide bonds. The van der Waals surface area contributed by atoms with E-state index in [1.54, 1.807) is 60.4 Å². The lowest BCUT2D eigenvalue weighted by Crippen LogP contribution is -2.46. The molecule has 1 aromatic heterocycles. The van der Waals surface area contributed by atoms with E-state index in [4.69, 9.17) is 9.47 Å². The topological polar surface area (TPSA) is 65.4 Å². The van der Waals surface area contributed by atoms with Gasteiger partial charge >= 0.3 is 0 Å². The molecule has 6 nitrogen and oxygen atoms in total. The largest absolute Gasteiger partial charge is 0.485 e. The molecule has 1 aliphatic rings. The Morgan fingerprint density at radius 1 is 1.22 bits per heavy atom. The highest BCUT2D eigenvalue weighted by Gasteiger charge is 2.31. The number of benzene rings is 2. The Morgan fingerprint density at radius 2 is 1.96 bits per heavy atom. The van der Waals surface area contributed by atoms with Gasteiger partial charge in [-0.3, -0.25) is 4.79 Å². The van der Waals surface area contributed by atoms with Crippen LogP contribution in [-0.4, -0.2) is 28.2 Å². The average Bonchev–Trinajstić information content (AvgIpc) is 3.12. The van der Waals surface area contributed by atoms with Crippen molar-refractivity contribution in [2.24, 2.45) is 7.05 Å². The molecule has 7 heteroatoms. The third-order valence-corrected chi connectivity index (χ3v) is 4.42. The zero-order valence-electron chi connectivity index (χ0n) is 14.6. The van der Waals surface area contributed by atoms with E-state index in [9.17, 15) is 9.18 Å². The minimum absolute atomic E-state index is 0.0768. The quantitative estimate of drug-likeness (QED) is 0.770. The van der Waals surface area contributed by atoms with Gasteiger partial charge in [0.15, 0.2) is 11.5 Å². The van der Waals surface area contributed by atoms with E-state index in [1.807, 2.05) is 6.07 Å². The van der Waals surface area contributed by atoms with Crippen LogP contribution in [0.4, 0.5) is 4.39 Å². The average molecular weight is 367 g/mol. The number of carbonyl (C=O) groups excluding carboxylic acids is 1. The number of aryl methyl sites for hydroxylation is 1. The number of nitrogens with one attached hydrogen (secondary N) is 1. The van der Waals surface area contributed by atoms with Crippen molar-refractivity contribution in [2.75, 3.05) is 6.61 Å². The molecule has 1 aliphatic heterocycles. The molecule has 0 radical (unpaired) electrons. The Bertz CT molecular complexity index is 972. The summed E-state index contributed by atoms with van der Waals surface area (Å²) in [5.74, 6) is 0.794. The Balaban J connectivity index is 1.60. The van der Waals surface area contributed by atoms with Crippen LogP contribution in [0.15, 0.2) is 60.9 Å². The Hall–Kier alpha value is -3.35. The van der Waals surface area contributed by atoms with Crippen molar-refractivity contribution in [1.82, 2.24) is 14.9 Å². The van der Waals surface area contributed by atoms with E-state index in [-0.39, 0.29) is 6.61 Å². The van der Waals surface area contributed by atoms with Crippen LogP contribution in [0.25, 0.3) is 0 Å². The maximum absolute atomic E-state index is 14.4. The molecule has 0 saturated carbocycles. The number of ether oxygens (including phenoxy) is 2. The van der Waals surface area contributed by atoms with E-state index in [0.29, 0.717) is 22.9 Å². The number of carbonyl (C=O) groups is 1. The van der Waals surface area contributed by atoms with Crippen LogP contribution in [0, 0.1) is 5.82 Å². The van der Waals surface area contributed by atoms with Crippen molar-refractivity contribution in [3.05, 3.63) is 78.1 Å². The number of fused-ring (bicyclic) bond motifs is 1. The fourth-order valence-electron chi connectivity index (χ4n) is 3.03. The fraction of sp³-hybridized carbons (Fsp3) is 0.200. The Kier molecular flexibility index (Phi) is 4.50. The van der Waals surface area contributed by atoms with Gasteiger partial charge in [0, 0.05) is 25.0 Å². The first-order chi connectivity index (χ1) is 13.1. The monoisotopic (exact) mass is 367 g/mol. The molecule has 27 heavy (non-hydrogen) atoms. The first-order valence-electron chi connectivity index (χ1n) is 8.54. The zero-order chi connectivity index (χ0) is 18.8. The highest BCUT2D eigenvalue weighted by atomic mass is 19.1. The summed E-state index contributed by atoms with van der Waals surface area (Å²) in [4.78, 5) is 17.1. The molecule has 2 atom stereocenters. The summed E-state index contributed by atoms with van der Waals surface area (Å²) < 4.78 is 27.5. The predicted molar refractivity (Wildman–Crippen MR) is 95.9 cm³/mol. The number of hydrogen-bond donors (Lipinski definition) is 1. The second-order valence-electron chi connectivity index (χ2n) is 6.22. The van der Waals surface area contributed by atoms with Gasteiger partial charge in [-0.2, -0.15) is 0 Å². The van der Waals surface area contributed by atoms with Crippen molar-refractivity contribution < 1.29 is 18.7 Å². The predicted octanol–water partition coefficient (Wildman–Crippen LogP) is 2.60. The second-order valence-corrected chi connectivity index (χ2v) is 6.22. The van der Waals surface area contributed by atoms with Crippen LogP contribution >= 0.6 is 0 Å². The summed E-state index contributed by atoms with van der Waals surface area (Å²) in [5, 5.41) is 2.85. The molecular formula is C20H18FN3O3. The van der Waals surface area contributed by atoms with Gasteiger partial charge in [-0.15, -0.1) is 0 Å². The minimum Gasteiger partial charge on any atom is -0.485 e. The molecule has 0 aliphatic carbocycles. The smallest absolute Gasteiger partial charge is 0.265 e. The number of para-hydroxylation sites is 2. The van der Waals surface area contributed by atoms with Gasteiger partial charge in [-0.05, 0) is 18.2 Å². The standard InChI is InChI=1S/C20H18FN3O3/c1-24-11-10-22-19(24)18(13-6-2-3-7-14(13)21)23-20(25)17-12-26-15-8-4-5-9-16(15)27-17/h2-11,17-18H,12H2,1H3,(H,23,25)/t17-,18+/m0/s1. The van der Waals surface area contributed by atoms with Gasteiger partial charge in [-0.1, -0.05) is 30.3 Å². The van der Waals surface area contributed by atoms with E-state index < -0.39 is 23.9 Å². The van der Waals surface area contributed by atoms with Gasteiger partial charge in [0.05, 0.1) is 0 Å². The van der Waals surface area contributed by atoms with Crippen molar-refractivity contribution in [3.63, 3.8) is 0 Å². The SMILES string of the molecule is Cn1ccnc1[C@H](NC(=O)[C@@H]1COc2ccccc2O1)c1ccccc1F. The lowest BCUT2D eigenvalue weighted by atomic mass is 10.0. The number of imidazole rings is 1. The molecule has 2 heterocycles. The van der Waals surface area contributed by atoms with E-state index in [0.717, 1.165) is 0 Å². The zero-order valence-corrected chi connectivity index (χ0v) is 14.6. The second kappa shape index (κ2) is 7.11. The van der Waals surface area contributed by atoms with Crippen LogP contribution in [0.1, 0.15) is 17.4 Å². The van der Waals surface area contributed by atoms with Gasteiger partial charge in [0.25, 0.3) is 5.91 Å². The molecule has 0 bridgehead atoms. The first-order valence-corrected chi connectivity index (χ1v) is 8.54.